The van der Waals surface area contributed by atoms with Crippen LogP contribution in [0.2, 0.25) is 10.0 Å². The van der Waals surface area contributed by atoms with Crippen molar-refractivity contribution in [1.82, 2.24) is 19.8 Å². The maximum absolute atomic E-state index is 6.27. The van der Waals surface area contributed by atoms with Gasteiger partial charge in [0.2, 0.25) is 0 Å². The predicted octanol–water partition coefficient (Wildman–Crippen LogP) is 5.73. The van der Waals surface area contributed by atoms with Crippen LogP contribution < -0.4 is 0 Å². The summed E-state index contributed by atoms with van der Waals surface area (Å²) in [5, 5.41) is 3.73. The lowest BCUT2D eigenvalue weighted by atomic mass is 10.1. The van der Waals surface area contributed by atoms with Gasteiger partial charge in [-0.15, -0.1) is 0 Å². The molecule has 1 atom stereocenters. The van der Waals surface area contributed by atoms with Gasteiger partial charge in [0.1, 0.15) is 0 Å². The molecular formula is C24H24Cl2N4. The molecule has 1 aliphatic rings. The highest BCUT2D eigenvalue weighted by Gasteiger charge is 2.24. The molecule has 154 valence electrons. The van der Waals surface area contributed by atoms with Crippen molar-refractivity contribution in [3.05, 3.63) is 76.0 Å². The molecule has 3 heterocycles. The summed E-state index contributed by atoms with van der Waals surface area (Å²) in [6, 6.07) is 17.0. The minimum Gasteiger partial charge on any atom is -0.357 e. The summed E-state index contributed by atoms with van der Waals surface area (Å²) < 4.78 is 0. The van der Waals surface area contributed by atoms with Crippen LogP contribution in [0, 0.1) is 0 Å². The van der Waals surface area contributed by atoms with Crippen LogP contribution in [0.25, 0.3) is 21.8 Å². The molecule has 1 saturated heterocycles. The number of piperazine rings is 1. The van der Waals surface area contributed by atoms with Crippen LogP contribution in [0.5, 0.6) is 0 Å². The normalized spacial score (nSPS) is 18.4. The van der Waals surface area contributed by atoms with Gasteiger partial charge in [-0.3, -0.25) is 14.8 Å². The predicted molar refractivity (Wildman–Crippen MR) is 125 cm³/mol. The first-order valence-corrected chi connectivity index (χ1v) is 11.1. The molecule has 30 heavy (non-hydrogen) atoms. The second-order valence-corrected chi connectivity index (χ2v) is 9.07. The molecule has 0 spiro atoms. The van der Waals surface area contributed by atoms with Crippen molar-refractivity contribution in [3.8, 4) is 0 Å². The van der Waals surface area contributed by atoms with Gasteiger partial charge in [0.05, 0.1) is 10.5 Å². The Bertz CT molecular complexity index is 1200. The summed E-state index contributed by atoms with van der Waals surface area (Å²) >= 11 is 12.4. The third-order valence-corrected chi connectivity index (χ3v) is 6.59. The smallest absolute Gasteiger partial charge is 0.0720 e. The topological polar surface area (TPSA) is 35.2 Å². The number of H-pyrrole nitrogens is 1. The van der Waals surface area contributed by atoms with E-state index in [0.29, 0.717) is 6.04 Å². The van der Waals surface area contributed by atoms with E-state index in [1.54, 1.807) is 6.20 Å². The first-order valence-electron chi connectivity index (χ1n) is 10.3. The van der Waals surface area contributed by atoms with Gasteiger partial charge >= 0.3 is 0 Å². The fourth-order valence-electron chi connectivity index (χ4n) is 4.43. The van der Waals surface area contributed by atoms with Crippen molar-refractivity contribution in [2.75, 3.05) is 19.6 Å². The van der Waals surface area contributed by atoms with Crippen LogP contribution in [0.3, 0.4) is 0 Å². The second-order valence-electron chi connectivity index (χ2n) is 8.23. The van der Waals surface area contributed by atoms with Crippen molar-refractivity contribution < 1.29 is 0 Å². The number of fused-ring (bicyclic) bond motifs is 2. The molecule has 0 unspecified atom stereocenters. The summed E-state index contributed by atoms with van der Waals surface area (Å²) in [4.78, 5) is 13.1. The number of rotatable bonds is 4. The van der Waals surface area contributed by atoms with E-state index >= 15 is 0 Å². The molecule has 1 fully saturated rings. The maximum Gasteiger partial charge on any atom is 0.0720 e. The van der Waals surface area contributed by atoms with Gasteiger partial charge in [-0.2, -0.15) is 0 Å². The molecule has 0 radical (unpaired) electrons. The van der Waals surface area contributed by atoms with E-state index < -0.39 is 0 Å². The Kier molecular flexibility index (Phi) is 5.42. The fraction of sp³-hybridized carbons (Fsp3) is 0.292. The van der Waals surface area contributed by atoms with Crippen molar-refractivity contribution in [2.24, 2.45) is 0 Å². The van der Waals surface area contributed by atoms with Crippen LogP contribution in [-0.2, 0) is 13.1 Å². The number of hydrogen-bond acceptors (Lipinski definition) is 3. The molecule has 1 N–H and O–H groups in total. The zero-order chi connectivity index (χ0) is 20.7. The number of hydrogen-bond donors (Lipinski definition) is 1. The Morgan fingerprint density at radius 3 is 2.80 bits per heavy atom. The van der Waals surface area contributed by atoms with Crippen molar-refractivity contribution >= 4 is 45.0 Å². The molecule has 0 bridgehead atoms. The second kappa shape index (κ2) is 8.20. The molecule has 2 aromatic carbocycles. The summed E-state index contributed by atoms with van der Waals surface area (Å²) in [5.74, 6) is 0. The number of halogens is 2. The summed E-state index contributed by atoms with van der Waals surface area (Å²) in [6.45, 7) is 7.33. The minimum atomic E-state index is 0.488. The number of benzene rings is 2. The number of aromatic nitrogens is 2. The quantitative estimate of drug-likeness (QED) is 0.441. The van der Waals surface area contributed by atoms with Gasteiger partial charge in [-0.05, 0) is 48.9 Å². The molecule has 4 aromatic rings. The van der Waals surface area contributed by atoms with Gasteiger partial charge in [0, 0.05) is 72.0 Å². The van der Waals surface area contributed by atoms with Crippen LogP contribution >= 0.6 is 23.2 Å². The molecule has 0 saturated carbocycles. The van der Waals surface area contributed by atoms with E-state index in [1.807, 2.05) is 24.3 Å². The van der Waals surface area contributed by atoms with E-state index in [9.17, 15) is 0 Å². The highest BCUT2D eigenvalue weighted by atomic mass is 35.5. The molecule has 4 nitrogen and oxygen atoms in total. The van der Waals surface area contributed by atoms with Crippen LogP contribution in [0.4, 0.5) is 0 Å². The van der Waals surface area contributed by atoms with Crippen molar-refractivity contribution in [1.29, 1.82) is 0 Å². The average molecular weight is 439 g/mol. The zero-order valence-electron chi connectivity index (χ0n) is 16.9. The summed E-state index contributed by atoms with van der Waals surface area (Å²) in [7, 11) is 0. The number of pyridine rings is 1. The van der Waals surface area contributed by atoms with Gasteiger partial charge in [0.15, 0.2) is 0 Å². The minimum absolute atomic E-state index is 0.488. The van der Waals surface area contributed by atoms with Crippen molar-refractivity contribution in [2.45, 2.75) is 26.1 Å². The molecule has 0 aliphatic carbocycles. The first kappa shape index (κ1) is 19.8. The fourth-order valence-corrected chi connectivity index (χ4v) is 4.83. The molecule has 6 heteroatoms. The molecule has 5 rings (SSSR count). The standard InChI is InChI=1S/C24H24Cl2N4/c1-16-13-29(14-17-2-4-21-22(26)6-7-27-24(21)10-17)8-9-30(16)15-20-12-18-11-19(25)3-5-23(18)28-20/h2-7,10-12,16,28H,8-9,13-15H2,1H3/t16-/m0/s1. The van der Waals surface area contributed by atoms with Gasteiger partial charge in [-0.1, -0.05) is 35.3 Å². The molecular weight excluding hydrogens is 415 g/mol. The number of nitrogens with one attached hydrogen (secondary N) is 1. The Hall–Kier alpha value is -2.11. The summed E-state index contributed by atoms with van der Waals surface area (Å²) in [6.07, 6.45) is 1.77. The lowest BCUT2D eigenvalue weighted by molar-refractivity contribution is 0.0725. The first-order chi connectivity index (χ1) is 14.5. The van der Waals surface area contributed by atoms with Gasteiger partial charge in [-0.25, -0.2) is 0 Å². The lowest BCUT2D eigenvalue weighted by Crippen LogP contribution is -2.50. The van der Waals surface area contributed by atoms with Crippen molar-refractivity contribution in [3.63, 3.8) is 0 Å². The van der Waals surface area contributed by atoms with Crippen LogP contribution in [0.15, 0.2) is 54.7 Å². The SMILES string of the molecule is C[C@H]1CN(Cc2ccc3c(Cl)ccnc3c2)CCN1Cc1cc2cc(Cl)ccc2[nH]1. The van der Waals surface area contributed by atoms with Gasteiger partial charge < -0.3 is 4.98 Å². The Labute approximate surface area is 186 Å². The number of aromatic amines is 1. The van der Waals surface area contributed by atoms with E-state index in [2.05, 4.69) is 51.0 Å². The van der Waals surface area contributed by atoms with Crippen LogP contribution in [-0.4, -0.2) is 45.4 Å². The molecule has 1 aliphatic heterocycles. The largest absolute Gasteiger partial charge is 0.357 e. The van der Waals surface area contributed by atoms with E-state index in [1.165, 1.54) is 16.6 Å². The third-order valence-electron chi connectivity index (χ3n) is 6.02. The zero-order valence-corrected chi connectivity index (χ0v) is 18.4. The third kappa shape index (κ3) is 4.06. The highest BCUT2D eigenvalue weighted by molar-refractivity contribution is 6.35. The van der Waals surface area contributed by atoms with E-state index in [4.69, 9.17) is 23.2 Å². The van der Waals surface area contributed by atoms with E-state index in [-0.39, 0.29) is 0 Å². The van der Waals surface area contributed by atoms with Gasteiger partial charge in [0.25, 0.3) is 0 Å². The summed E-state index contributed by atoms with van der Waals surface area (Å²) in [5.41, 5.74) is 4.63. The maximum atomic E-state index is 6.27. The Morgan fingerprint density at radius 2 is 1.93 bits per heavy atom. The molecule has 0 amide bonds. The Morgan fingerprint density at radius 1 is 1.03 bits per heavy atom. The highest BCUT2D eigenvalue weighted by Crippen LogP contribution is 2.24. The lowest BCUT2D eigenvalue weighted by Gasteiger charge is -2.39. The Balaban J connectivity index is 1.24. The molecule has 2 aromatic heterocycles. The average Bonchev–Trinajstić information content (AvgIpc) is 3.12. The van der Waals surface area contributed by atoms with Crippen LogP contribution in [0.1, 0.15) is 18.2 Å². The monoisotopic (exact) mass is 438 g/mol. The van der Waals surface area contributed by atoms with E-state index in [0.717, 1.165) is 59.2 Å². The number of nitrogens with zero attached hydrogens (tertiary/aromatic N) is 3.